The Morgan fingerprint density at radius 2 is 1.59 bits per heavy atom. The smallest absolute Gasteiger partial charge is 0.467 e. The van der Waals surface area contributed by atoms with Crippen molar-refractivity contribution in [1.82, 2.24) is 5.32 Å². The number of nitrogens with one attached hydrogen (secondary N) is 1. The Hall–Kier alpha value is -3.22. The Kier molecular flexibility index (Phi) is 5.49. The van der Waals surface area contributed by atoms with Crippen LogP contribution in [0, 0.1) is 0 Å². The molecule has 7 heteroatoms. The fourth-order valence-electron chi connectivity index (χ4n) is 2.51. The van der Waals surface area contributed by atoms with Crippen molar-refractivity contribution in [2.75, 3.05) is 0 Å². The Morgan fingerprint density at radius 3 is 2.15 bits per heavy atom. The number of furan rings is 1. The maximum Gasteiger partial charge on any atom is 0.573 e. The highest BCUT2D eigenvalue weighted by Crippen LogP contribution is 2.26. The summed E-state index contributed by atoms with van der Waals surface area (Å²) < 4.78 is 45.6. The van der Waals surface area contributed by atoms with Crippen molar-refractivity contribution in [2.45, 2.75) is 19.3 Å². The number of carbonyl (C=O) groups excluding carboxylic acids is 1. The Balaban J connectivity index is 1.57. The van der Waals surface area contributed by atoms with Gasteiger partial charge in [-0.1, -0.05) is 36.4 Å². The lowest BCUT2D eigenvalue weighted by Gasteiger charge is -2.09. The van der Waals surface area contributed by atoms with Gasteiger partial charge in [-0.3, -0.25) is 4.79 Å². The lowest BCUT2D eigenvalue weighted by atomic mass is 10.0. The molecule has 1 amide bonds. The number of benzene rings is 2. The average molecular weight is 375 g/mol. The zero-order chi connectivity index (χ0) is 19.3. The summed E-state index contributed by atoms with van der Waals surface area (Å²) in [7, 11) is 0. The van der Waals surface area contributed by atoms with Gasteiger partial charge in [0.1, 0.15) is 11.5 Å². The van der Waals surface area contributed by atoms with E-state index in [-0.39, 0.29) is 18.1 Å². The minimum absolute atomic E-state index is 0.132. The van der Waals surface area contributed by atoms with Crippen LogP contribution in [0.25, 0.3) is 11.1 Å². The Bertz CT molecular complexity index is 870. The lowest BCUT2D eigenvalue weighted by molar-refractivity contribution is -0.274. The van der Waals surface area contributed by atoms with Crippen LogP contribution in [0.1, 0.15) is 11.3 Å². The van der Waals surface area contributed by atoms with Gasteiger partial charge in [0.25, 0.3) is 0 Å². The van der Waals surface area contributed by atoms with E-state index >= 15 is 0 Å². The molecule has 1 aromatic heterocycles. The quantitative estimate of drug-likeness (QED) is 0.679. The van der Waals surface area contributed by atoms with Gasteiger partial charge in [0.05, 0.1) is 19.2 Å². The summed E-state index contributed by atoms with van der Waals surface area (Å²) in [6.45, 7) is 0.330. The van der Waals surface area contributed by atoms with Crippen LogP contribution in [0.15, 0.2) is 71.3 Å². The van der Waals surface area contributed by atoms with E-state index in [0.717, 1.165) is 16.7 Å². The van der Waals surface area contributed by atoms with Crippen LogP contribution in [0.5, 0.6) is 5.75 Å². The molecule has 0 bridgehead atoms. The predicted octanol–water partition coefficient (Wildman–Crippen LogP) is 4.70. The number of rotatable bonds is 6. The van der Waals surface area contributed by atoms with Crippen molar-refractivity contribution in [1.29, 1.82) is 0 Å². The fraction of sp³-hybridized carbons (Fsp3) is 0.150. The summed E-state index contributed by atoms with van der Waals surface area (Å²) >= 11 is 0. The highest BCUT2D eigenvalue weighted by atomic mass is 19.4. The van der Waals surface area contributed by atoms with Gasteiger partial charge >= 0.3 is 6.36 Å². The first kappa shape index (κ1) is 18.6. The van der Waals surface area contributed by atoms with E-state index < -0.39 is 6.36 Å². The van der Waals surface area contributed by atoms with E-state index in [1.165, 1.54) is 12.1 Å². The molecule has 4 nitrogen and oxygen atoms in total. The van der Waals surface area contributed by atoms with Crippen molar-refractivity contribution in [3.8, 4) is 16.9 Å². The minimum Gasteiger partial charge on any atom is -0.467 e. The first-order valence-electron chi connectivity index (χ1n) is 8.13. The molecule has 0 aliphatic heterocycles. The number of hydrogen-bond donors (Lipinski definition) is 1. The topological polar surface area (TPSA) is 51.5 Å². The van der Waals surface area contributed by atoms with Gasteiger partial charge in [-0.2, -0.15) is 0 Å². The number of hydrogen-bond acceptors (Lipinski definition) is 3. The molecule has 0 unspecified atom stereocenters. The highest BCUT2D eigenvalue weighted by Gasteiger charge is 2.30. The number of ether oxygens (including phenoxy) is 1. The van der Waals surface area contributed by atoms with Crippen molar-refractivity contribution in [3.05, 3.63) is 78.3 Å². The van der Waals surface area contributed by atoms with Gasteiger partial charge in [-0.15, -0.1) is 13.2 Å². The van der Waals surface area contributed by atoms with E-state index in [1.807, 2.05) is 24.3 Å². The zero-order valence-corrected chi connectivity index (χ0v) is 14.1. The monoisotopic (exact) mass is 375 g/mol. The molecule has 0 fully saturated rings. The number of amides is 1. The van der Waals surface area contributed by atoms with Crippen LogP contribution in [0.2, 0.25) is 0 Å². The van der Waals surface area contributed by atoms with Gasteiger partial charge in [0.2, 0.25) is 5.91 Å². The molecule has 0 saturated heterocycles. The van der Waals surface area contributed by atoms with Gasteiger partial charge in [0, 0.05) is 0 Å². The standard InChI is InChI=1S/C20H16F3NO3/c21-20(22,23)27-17-9-7-16(8-10-17)15-5-3-14(4-6-15)12-19(25)24-13-18-2-1-11-26-18/h1-11H,12-13H2,(H,24,25). The normalized spacial score (nSPS) is 11.2. The average Bonchev–Trinajstić information content (AvgIpc) is 3.14. The maximum atomic E-state index is 12.2. The summed E-state index contributed by atoms with van der Waals surface area (Å²) in [5.41, 5.74) is 2.40. The van der Waals surface area contributed by atoms with Crippen molar-refractivity contribution >= 4 is 5.91 Å². The van der Waals surface area contributed by atoms with Crippen molar-refractivity contribution < 1.29 is 27.1 Å². The molecule has 0 aliphatic carbocycles. The third-order valence-electron chi connectivity index (χ3n) is 3.78. The minimum atomic E-state index is -4.71. The SMILES string of the molecule is O=C(Cc1ccc(-c2ccc(OC(F)(F)F)cc2)cc1)NCc1ccco1. The highest BCUT2D eigenvalue weighted by molar-refractivity contribution is 5.78. The second kappa shape index (κ2) is 7.99. The predicted molar refractivity (Wildman–Crippen MR) is 92.8 cm³/mol. The number of halogens is 3. The molecule has 0 radical (unpaired) electrons. The summed E-state index contributed by atoms with van der Waals surface area (Å²) in [5, 5.41) is 2.77. The summed E-state index contributed by atoms with van der Waals surface area (Å²) in [4.78, 5) is 12.0. The van der Waals surface area contributed by atoms with Crippen LogP contribution in [0.4, 0.5) is 13.2 Å². The molecule has 0 atom stereocenters. The first-order chi connectivity index (χ1) is 12.9. The van der Waals surface area contributed by atoms with Crippen LogP contribution in [-0.4, -0.2) is 12.3 Å². The van der Waals surface area contributed by atoms with Crippen LogP contribution < -0.4 is 10.1 Å². The summed E-state index contributed by atoms with van der Waals surface area (Å²) in [6, 6.07) is 16.4. The van der Waals surface area contributed by atoms with E-state index in [9.17, 15) is 18.0 Å². The van der Waals surface area contributed by atoms with Crippen LogP contribution in [0.3, 0.4) is 0 Å². The van der Waals surface area contributed by atoms with E-state index in [0.29, 0.717) is 12.3 Å². The molecule has 2 aromatic carbocycles. The summed E-state index contributed by atoms with van der Waals surface area (Å²) in [5.74, 6) is 0.278. The molecule has 27 heavy (non-hydrogen) atoms. The third kappa shape index (κ3) is 5.64. The molecule has 0 spiro atoms. The Morgan fingerprint density at radius 1 is 0.963 bits per heavy atom. The fourth-order valence-corrected chi connectivity index (χ4v) is 2.51. The lowest BCUT2D eigenvalue weighted by Crippen LogP contribution is -2.24. The van der Waals surface area contributed by atoms with Gasteiger partial charge in [0.15, 0.2) is 0 Å². The second-order valence-corrected chi connectivity index (χ2v) is 5.80. The molecule has 1 heterocycles. The Labute approximate surface area is 153 Å². The molecule has 3 aromatic rings. The van der Waals surface area contributed by atoms with Gasteiger partial charge in [-0.05, 0) is 41.0 Å². The van der Waals surface area contributed by atoms with E-state index in [2.05, 4.69) is 10.1 Å². The first-order valence-corrected chi connectivity index (χ1v) is 8.13. The molecule has 3 rings (SSSR count). The molecule has 1 N–H and O–H groups in total. The summed E-state index contributed by atoms with van der Waals surface area (Å²) in [6.07, 6.45) is -2.94. The maximum absolute atomic E-state index is 12.2. The molecule has 140 valence electrons. The molecular weight excluding hydrogens is 359 g/mol. The number of carbonyl (C=O) groups is 1. The second-order valence-electron chi connectivity index (χ2n) is 5.80. The van der Waals surface area contributed by atoms with Crippen LogP contribution >= 0.6 is 0 Å². The van der Waals surface area contributed by atoms with Crippen molar-refractivity contribution in [2.24, 2.45) is 0 Å². The molecular formula is C20H16F3NO3. The third-order valence-corrected chi connectivity index (χ3v) is 3.78. The molecule has 0 saturated carbocycles. The molecule has 0 aliphatic rings. The van der Waals surface area contributed by atoms with Gasteiger partial charge in [-0.25, -0.2) is 0 Å². The van der Waals surface area contributed by atoms with Crippen LogP contribution in [-0.2, 0) is 17.8 Å². The number of alkyl halides is 3. The van der Waals surface area contributed by atoms with Gasteiger partial charge < -0.3 is 14.5 Å². The van der Waals surface area contributed by atoms with Crippen molar-refractivity contribution in [3.63, 3.8) is 0 Å². The van der Waals surface area contributed by atoms with E-state index in [4.69, 9.17) is 4.42 Å². The zero-order valence-electron chi connectivity index (χ0n) is 14.1. The largest absolute Gasteiger partial charge is 0.573 e. The van der Waals surface area contributed by atoms with E-state index in [1.54, 1.807) is 30.5 Å².